The lowest BCUT2D eigenvalue weighted by Gasteiger charge is -2.14. The Morgan fingerprint density at radius 3 is 2.71 bits per heavy atom. The van der Waals surface area contributed by atoms with Crippen molar-refractivity contribution in [1.29, 1.82) is 0 Å². The van der Waals surface area contributed by atoms with Crippen LogP contribution in [-0.2, 0) is 22.6 Å². The minimum absolute atomic E-state index is 0.217. The Bertz CT molecular complexity index is 1200. The van der Waals surface area contributed by atoms with Crippen LogP contribution in [0.2, 0.25) is 0 Å². The molecule has 3 heterocycles. The number of fused-ring (bicyclic) bond motifs is 1. The molecule has 8 nitrogen and oxygen atoms in total. The molecule has 1 amide bonds. The summed E-state index contributed by atoms with van der Waals surface area (Å²) in [4.78, 5) is 30.0. The SMILES string of the molecule is CCn1ncc2c(C(=O)O[C@H](C)C(=O)NCc3ccco3)cc(-c3ccccc3)nc21. The van der Waals surface area contributed by atoms with Crippen molar-refractivity contribution in [2.75, 3.05) is 0 Å². The molecule has 1 N–H and O–H groups in total. The number of amides is 1. The number of aromatic nitrogens is 3. The van der Waals surface area contributed by atoms with Gasteiger partial charge >= 0.3 is 5.97 Å². The van der Waals surface area contributed by atoms with Gasteiger partial charge in [0.1, 0.15) is 5.76 Å². The van der Waals surface area contributed by atoms with Crippen LogP contribution in [0.25, 0.3) is 22.3 Å². The number of benzene rings is 1. The van der Waals surface area contributed by atoms with Gasteiger partial charge in [-0.2, -0.15) is 5.10 Å². The molecule has 0 bridgehead atoms. The van der Waals surface area contributed by atoms with Crippen LogP contribution in [-0.4, -0.2) is 32.7 Å². The summed E-state index contributed by atoms with van der Waals surface area (Å²) in [6.45, 7) is 4.30. The summed E-state index contributed by atoms with van der Waals surface area (Å²) in [7, 11) is 0. The number of nitrogens with zero attached hydrogens (tertiary/aromatic N) is 3. The van der Waals surface area contributed by atoms with Gasteiger partial charge in [0.2, 0.25) is 0 Å². The highest BCUT2D eigenvalue weighted by Gasteiger charge is 2.23. The molecule has 4 aromatic rings. The molecule has 4 rings (SSSR count). The predicted molar refractivity (Wildman–Crippen MR) is 114 cm³/mol. The number of nitrogens with one attached hydrogen (secondary N) is 1. The molecule has 31 heavy (non-hydrogen) atoms. The van der Waals surface area contributed by atoms with E-state index in [1.165, 1.54) is 13.2 Å². The van der Waals surface area contributed by atoms with E-state index >= 15 is 0 Å². The molecule has 0 radical (unpaired) electrons. The van der Waals surface area contributed by atoms with Crippen LogP contribution >= 0.6 is 0 Å². The van der Waals surface area contributed by atoms with Crippen molar-refractivity contribution < 1.29 is 18.7 Å². The lowest BCUT2D eigenvalue weighted by Crippen LogP contribution is -2.35. The molecule has 0 unspecified atom stereocenters. The van der Waals surface area contributed by atoms with E-state index in [1.54, 1.807) is 29.1 Å². The third kappa shape index (κ3) is 4.32. The molecule has 0 aliphatic carbocycles. The fraction of sp³-hybridized carbons (Fsp3) is 0.217. The smallest absolute Gasteiger partial charge is 0.339 e. The number of furan rings is 1. The Morgan fingerprint density at radius 1 is 1.19 bits per heavy atom. The third-order valence-corrected chi connectivity index (χ3v) is 4.87. The second-order valence-corrected chi connectivity index (χ2v) is 6.96. The molecular formula is C23H22N4O4. The fourth-order valence-corrected chi connectivity index (χ4v) is 3.21. The zero-order valence-corrected chi connectivity index (χ0v) is 17.2. The lowest BCUT2D eigenvalue weighted by atomic mass is 10.1. The van der Waals surface area contributed by atoms with Gasteiger partial charge in [-0.25, -0.2) is 14.5 Å². The van der Waals surface area contributed by atoms with E-state index in [4.69, 9.17) is 14.1 Å². The molecule has 158 valence electrons. The molecule has 0 aliphatic heterocycles. The van der Waals surface area contributed by atoms with Crippen LogP contribution in [0.1, 0.15) is 30.0 Å². The monoisotopic (exact) mass is 418 g/mol. The number of carbonyl (C=O) groups is 2. The van der Waals surface area contributed by atoms with E-state index < -0.39 is 18.0 Å². The van der Waals surface area contributed by atoms with Gasteiger partial charge < -0.3 is 14.5 Å². The van der Waals surface area contributed by atoms with Crippen molar-refractivity contribution in [2.24, 2.45) is 0 Å². The maximum absolute atomic E-state index is 13.0. The predicted octanol–water partition coefficient (Wildman–Crippen LogP) is 3.57. The van der Waals surface area contributed by atoms with Crippen molar-refractivity contribution in [1.82, 2.24) is 20.1 Å². The van der Waals surface area contributed by atoms with Gasteiger partial charge in [0.15, 0.2) is 11.8 Å². The molecule has 0 saturated carbocycles. The normalized spacial score (nSPS) is 11.9. The van der Waals surface area contributed by atoms with E-state index in [0.717, 1.165) is 5.56 Å². The Balaban J connectivity index is 1.59. The van der Waals surface area contributed by atoms with E-state index in [0.29, 0.717) is 34.6 Å². The summed E-state index contributed by atoms with van der Waals surface area (Å²) in [5.41, 5.74) is 2.40. The van der Waals surface area contributed by atoms with E-state index in [9.17, 15) is 9.59 Å². The molecular weight excluding hydrogens is 396 g/mol. The van der Waals surface area contributed by atoms with Crippen molar-refractivity contribution in [3.05, 3.63) is 72.3 Å². The summed E-state index contributed by atoms with van der Waals surface area (Å²) < 4.78 is 12.4. The van der Waals surface area contributed by atoms with Crippen LogP contribution in [0.15, 0.2) is 65.4 Å². The van der Waals surface area contributed by atoms with Crippen molar-refractivity contribution in [3.63, 3.8) is 0 Å². The maximum atomic E-state index is 13.0. The van der Waals surface area contributed by atoms with E-state index in [-0.39, 0.29) is 6.54 Å². The van der Waals surface area contributed by atoms with Crippen molar-refractivity contribution >= 4 is 22.9 Å². The Morgan fingerprint density at radius 2 is 2.00 bits per heavy atom. The van der Waals surface area contributed by atoms with E-state index in [2.05, 4.69) is 10.4 Å². The van der Waals surface area contributed by atoms with Crippen molar-refractivity contribution in [3.8, 4) is 11.3 Å². The second-order valence-electron chi connectivity index (χ2n) is 6.96. The van der Waals surface area contributed by atoms with Crippen LogP contribution < -0.4 is 5.32 Å². The number of ether oxygens (including phenoxy) is 1. The average Bonchev–Trinajstić information content (AvgIpc) is 3.46. The number of carbonyl (C=O) groups excluding carboxylic acids is 2. The highest BCUT2D eigenvalue weighted by molar-refractivity contribution is 6.04. The molecule has 1 aromatic carbocycles. The largest absolute Gasteiger partial charge is 0.467 e. The van der Waals surface area contributed by atoms with Crippen LogP contribution in [0.5, 0.6) is 0 Å². The minimum Gasteiger partial charge on any atom is -0.467 e. The first kappa shape index (κ1) is 20.3. The third-order valence-electron chi connectivity index (χ3n) is 4.87. The highest BCUT2D eigenvalue weighted by atomic mass is 16.5. The first-order valence-electron chi connectivity index (χ1n) is 10.00. The zero-order valence-electron chi connectivity index (χ0n) is 17.2. The first-order valence-corrected chi connectivity index (χ1v) is 10.00. The minimum atomic E-state index is -0.980. The molecule has 1 atom stereocenters. The topological polar surface area (TPSA) is 99.2 Å². The number of pyridine rings is 1. The molecule has 0 spiro atoms. The number of hydrogen-bond donors (Lipinski definition) is 1. The second kappa shape index (κ2) is 8.83. The molecule has 0 fully saturated rings. The van der Waals surface area contributed by atoms with Crippen LogP contribution in [0.4, 0.5) is 0 Å². The van der Waals surface area contributed by atoms with Gasteiger partial charge in [-0.15, -0.1) is 0 Å². The standard InChI is InChI=1S/C23H22N4O4/c1-3-27-21-19(14-25-27)18(12-20(26-21)16-8-5-4-6-9-16)23(29)31-15(2)22(28)24-13-17-10-7-11-30-17/h4-12,14-15H,3,13H2,1-2H3,(H,24,28)/t15-/m1/s1. The summed E-state index contributed by atoms with van der Waals surface area (Å²) >= 11 is 0. The summed E-state index contributed by atoms with van der Waals surface area (Å²) in [6, 6.07) is 14.7. The van der Waals surface area contributed by atoms with E-state index in [1.807, 2.05) is 37.3 Å². The Hall–Kier alpha value is -3.94. The maximum Gasteiger partial charge on any atom is 0.339 e. The summed E-state index contributed by atoms with van der Waals surface area (Å²) in [5.74, 6) is -0.411. The number of esters is 1. The van der Waals surface area contributed by atoms with Gasteiger partial charge in [-0.3, -0.25) is 4.79 Å². The quantitative estimate of drug-likeness (QED) is 0.461. The van der Waals surface area contributed by atoms with Gasteiger partial charge in [-0.1, -0.05) is 30.3 Å². The summed E-state index contributed by atoms with van der Waals surface area (Å²) in [6.07, 6.45) is 2.14. The van der Waals surface area contributed by atoms with Crippen LogP contribution in [0.3, 0.4) is 0 Å². The number of rotatable bonds is 7. The number of hydrogen-bond acceptors (Lipinski definition) is 6. The molecule has 0 aliphatic rings. The highest BCUT2D eigenvalue weighted by Crippen LogP contribution is 2.25. The fourth-order valence-electron chi connectivity index (χ4n) is 3.21. The summed E-state index contributed by atoms with van der Waals surface area (Å²) in [5, 5.41) is 7.59. The van der Waals surface area contributed by atoms with Gasteiger partial charge in [-0.05, 0) is 32.0 Å². The average molecular weight is 418 g/mol. The number of aryl methyl sites for hydroxylation is 1. The Kier molecular flexibility index (Phi) is 5.79. The molecule has 0 saturated heterocycles. The molecule has 3 aromatic heterocycles. The van der Waals surface area contributed by atoms with Gasteiger partial charge in [0.25, 0.3) is 5.91 Å². The van der Waals surface area contributed by atoms with Gasteiger partial charge in [0.05, 0.1) is 35.6 Å². The lowest BCUT2D eigenvalue weighted by molar-refractivity contribution is -0.129. The Labute approximate surface area is 178 Å². The first-order chi connectivity index (χ1) is 15.1. The molecule has 8 heteroatoms. The zero-order chi connectivity index (χ0) is 21.8. The van der Waals surface area contributed by atoms with Crippen LogP contribution in [0, 0.1) is 0 Å². The van der Waals surface area contributed by atoms with Crippen molar-refractivity contribution in [2.45, 2.75) is 33.0 Å². The van der Waals surface area contributed by atoms with Gasteiger partial charge in [0, 0.05) is 12.1 Å².